The van der Waals surface area contributed by atoms with Crippen molar-refractivity contribution in [2.24, 2.45) is 0 Å². The Hall–Kier alpha value is -3.73. The third-order valence-corrected chi connectivity index (χ3v) is 5.47. The van der Waals surface area contributed by atoms with Gasteiger partial charge in [-0.2, -0.15) is 0 Å². The summed E-state index contributed by atoms with van der Waals surface area (Å²) in [5.41, 5.74) is 5.24. The first-order chi connectivity index (χ1) is 14.9. The molecule has 3 aromatic rings. The lowest BCUT2D eigenvalue weighted by Gasteiger charge is -2.16. The number of halogens is 1. The van der Waals surface area contributed by atoms with Gasteiger partial charge in [-0.15, -0.1) is 0 Å². The minimum atomic E-state index is -0.436. The number of nitrogens with zero attached hydrogens (tertiary/aromatic N) is 1. The molecule has 4 rings (SSSR count). The highest BCUT2D eigenvalue weighted by molar-refractivity contribution is 6.46. The van der Waals surface area contributed by atoms with Gasteiger partial charge in [-0.05, 0) is 72.9 Å². The van der Waals surface area contributed by atoms with Crippen molar-refractivity contribution >= 4 is 28.8 Å². The number of amides is 2. The fourth-order valence-electron chi connectivity index (χ4n) is 3.65. The van der Waals surface area contributed by atoms with Crippen molar-refractivity contribution in [1.29, 1.82) is 0 Å². The maximum atomic E-state index is 13.5. The predicted octanol–water partition coefficient (Wildman–Crippen LogP) is 5.40. The summed E-state index contributed by atoms with van der Waals surface area (Å²) in [5.74, 6) is -1.28. The first kappa shape index (κ1) is 20.5. The molecular formula is C26H23FN2O2. The molecule has 4 nitrogen and oxygen atoms in total. The van der Waals surface area contributed by atoms with E-state index < -0.39 is 17.6 Å². The lowest BCUT2D eigenvalue weighted by atomic mass is 10.0. The molecule has 1 heterocycles. The maximum Gasteiger partial charge on any atom is 0.282 e. The summed E-state index contributed by atoms with van der Waals surface area (Å²) in [6, 6.07) is 18.8. The van der Waals surface area contributed by atoms with Crippen LogP contribution in [0.1, 0.15) is 29.2 Å². The van der Waals surface area contributed by atoms with E-state index in [1.165, 1.54) is 29.2 Å². The van der Waals surface area contributed by atoms with Gasteiger partial charge in [0.15, 0.2) is 0 Å². The van der Waals surface area contributed by atoms with Crippen LogP contribution in [-0.4, -0.2) is 11.8 Å². The number of aryl methyl sites for hydroxylation is 3. The smallest absolute Gasteiger partial charge is 0.282 e. The van der Waals surface area contributed by atoms with Crippen molar-refractivity contribution < 1.29 is 14.0 Å². The van der Waals surface area contributed by atoms with Crippen LogP contribution in [0.25, 0.3) is 5.57 Å². The second-order valence-electron chi connectivity index (χ2n) is 7.67. The third-order valence-electron chi connectivity index (χ3n) is 5.47. The highest BCUT2D eigenvalue weighted by Gasteiger charge is 2.40. The molecule has 0 saturated heterocycles. The van der Waals surface area contributed by atoms with Crippen LogP contribution in [0, 0.1) is 19.7 Å². The van der Waals surface area contributed by atoms with Crippen LogP contribution in [0.15, 0.2) is 72.4 Å². The molecule has 0 atom stereocenters. The zero-order valence-corrected chi connectivity index (χ0v) is 17.7. The van der Waals surface area contributed by atoms with Gasteiger partial charge in [0.25, 0.3) is 11.8 Å². The van der Waals surface area contributed by atoms with Crippen molar-refractivity contribution in [3.63, 3.8) is 0 Å². The summed E-state index contributed by atoms with van der Waals surface area (Å²) >= 11 is 0. The summed E-state index contributed by atoms with van der Waals surface area (Å²) in [7, 11) is 0. The van der Waals surface area contributed by atoms with Gasteiger partial charge in [0.2, 0.25) is 0 Å². The molecule has 0 aromatic heterocycles. The van der Waals surface area contributed by atoms with Crippen LogP contribution in [0.2, 0.25) is 0 Å². The first-order valence-corrected chi connectivity index (χ1v) is 10.2. The van der Waals surface area contributed by atoms with E-state index in [1.54, 1.807) is 12.1 Å². The number of carbonyl (C=O) groups is 2. The lowest BCUT2D eigenvalue weighted by Crippen LogP contribution is -2.32. The molecule has 2 amide bonds. The molecule has 0 unspecified atom stereocenters. The second-order valence-corrected chi connectivity index (χ2v) is 7.67. The van der Waals surface area contributed by atoms with Crippen LogP contribution in [-0.2, 0) is 16.0 Å². The third kappa shape index (κ3) is 3.87. The van der Waals surface area contributed by atoms with Gasteiger partial charge < -0.3 is 5.32 Å². The highest BCUT2D eigenvalue weighted by atomic mass is 19.1. The molecular weight excluding hydrogens is 391 g/mol. The number of nitrogens with one attached hydrogen (secondary N) is 1. The fourth-order valence-corrected chi connectivity index (χ4v) is 3.65. The van der Waals surface area contributed by atoms with E-state index in [9.17, 15) is 14.0 Å². The molecule has 0 bridgehead atoms. The maximum absolute atomic E-state index is 13.5. The number of carbonyl (C=O) groups excluding carboxylic acids is 2. The van der Waals surface area contributed by atoms with Crippen LogP contribution in [0.5, 0.6) is 0 Å². The Morgan fingerprint density at radius 3 is 2.19 bits per heavy atom. The van der Waals surface area contributed by atoms with Gasteiger partial charge in [0.05, 0.1) is 11.3 Å². The zero-order valence-electron chi connectivity index (χ0n) is 17.7. The van der Waals surface area contributed by atoms with Crippen molar-refractivity contribution in [3.05, 3.63) is 100 Å². The molecule has 1 aliphatic rings. The first-order valence-electron chi connectivity index (χ1n) is 10.2. The second kappa shape index (κ2) is 8.19. The van der Waals surface area contributed by atoms with E-state index in [-0.39, 0.29) is 11.3 Å². The zero-order chi connectivity index (χ0) is 22.1. The van der Waals surface area contributed by atoms with Gasteiger partial charge >= 0.3 is 0 Å². The van der Waals surface area contributed by atoms with E-state index in [1.807, 2.05) is 51.1 Å². The van der Waals surface area contributed by atoms with Crippen LogP contribution >= 0.6 is 0 Å². The summed E-state index contributed by atoms with van der Waals surface area (Å²) in [5, 5.41) is 3.19. The Bertz CT molecular complexity index is 1200. The minimum absolute atomic E-state index is 0.185. The topological polar surface area (TPSA) is 49.4 Å². The monoisotopic (exact) mass is 414 g/mol. The standard InChI is InChI=1S/C26H23FN2O2/c1-4-18-7-13-21(14-8-18)29-25(30)23(19-9-11-20(27)12-10-19)24(26(29)31)28-22-15-16(2)5-6-17(22)3/h5-15,28H,4H2,1-3H3. The normalized spacial score (nSPS) is 13.9. The van der Waals surface area contributed by atoms with E-state index >= 15 is 0 Å². The van der Waals surface area contributed by atoms with E-state index in [0.717, 1.165) is 28.8 Å². The average Bonchev–Trinajstić information content (AvgIpc) is 3.01. The molecule has 31 heavy (non-hydrogen) atoms. The molecule has 0 radical (unpaired) electrons. The van der Waals surface area contributed by atoms with Crippen molar-refractivity contribution in [1.82, 2.24) is 0 Å². The summed E-state index contributed by atoms with van der Waals surface area (Å²) in [6.07, 6.45) is 0.862. The number of benzene rings is 3. The van der Waals surface area contributed by atoms with Crippen LogP contribution < -0.4 is 10.2 Å². The molecule has 0 saturated carbocycles. The number of hydrogen-bond acceptors (Lipinski definition) is 3. The molecule has 1 N–H and O–H groups in total. The van der Waals surface area contributed by atoms with E-state index in [0.29, 0.717) is 11.3 Å². The van der Waals surface area contributed by atoms with Crippen LogP contribution in [0.3, 0.4) is 0 Å². The van der Waals surface area contributed by atoms with Crippen LogP contribution in [0.4, 0.5) is 15.8 Å². The van der Waals surface area contributed by atoms with Gasteiger partial charge in [0.1, 0.15) is 11.5 Å². The largest absolute Gasteiger partial charge is 0.350 e. The quantitative estimate of drug-likeness (QED) is 0.569. The summed E-state index contributed by atoms with van der Waals surface area (Å²) < 4.78 is 13.5. The van der Waals surface area contributed by atoms with Crippen molar-refractivity contribution in [2.45, 2.75) is 27.2 Å². The molecule has 5 heteroatoms. The summed E-state index contributed by atoms with van der Waals surface area (Å²) in [4.78, 5) is 28.0. The van der Waals surface area contributed by atoms with Gasteiger partial charge in [0, 0.05) is 5.69 Å². The number of hydrogen-bond donors (Lipinski definition) is 1. The lowest BCUT2D eigenvalue weighted by molar-refractivity contribution is -0.120. The van der Waals surface area contributed by atoms with Crippen molar-refractivity contribution in [3.8, 4) is 0 Å². The van der Waals surface area contributed by atoms with Gasteiger partial charge in [-0.3, -0.25) is 9.59 Å². The molecule has 3 aromatic carbocycles. The Morgan fingerprint density at radius 2 is 1.55 bits per heavy atom. The van der Waals surface area contributed by atoms with Gasteiger partial charge in [-0.1, -0.05) is 43.3 Å². The fraction of sp³-hybridized carbons (Fsp3) is 0.154. The van der Waals surface area contributed by atoms with Gasteiger partial charge in [-0.25, -0.2) is 9.29 Å². The number of imide groups is 1. The summed E-state index contributed by atoms with van der Waals surface area (Å²) in [6.45, 7) is 5.94. The van der Waals surface area contributed by atoms with E-state index in [2.05, 4.69) is 5.32 Å². The molecule has 0 fully saturated rings. The highest BCUT2D eigenvalue weighted by Crippen LogP contribution is 2.34. The Labute approximate surface area is 181 Å². The molecule has 0 spiro atoms. The number of rotatable bonds is 5. The molecule has 156 valence electrons. The number of anilines is 2. The SMILES string of the molecule is CCc1ccc(N2C(=O)C(Nc3cc(C)ccc3C)=C(c3ccc(F)cc3)C2=O)cc1. The Morgan fingerprint density at radius 1 is 0.871 bits per heavy atom. The minimum Gasteiger partial charge on any atom is -0.350 e. The Balaban J connectivity index is 1.82. The molecule has 0 aliphatic carbocycles. The Kier molecular flexibility index (Phi) is 5.42. The average molecular weight is 414 g/mol. The van der Waals surface area contributed by atoms with E-state index in [4.69, 9.17) is 0 Å². The predicted molar refractivity (Wildman–Crippen MR) is 121 cm³/mol. The van der Waals surface area contributed by atoms with Crippen molar-refractivity contribution in [2.75, 3.05) is 10.2 Å². The molecule has 1 aliphatic heterocycles.